The Hall–Kier alpha value is -1.40. The number of thiophene rings is 1. The van der Waals surface area contributed by atoms with Crippen LogP contribution in [0.2, 0.25) is 0 Å². The molecule has 0 bridgehead atoms. The van der Waals surface area contributed by atoms with Crippen molar-refractivity contribution in [3.05, 3.63) is 29.4 Å². The maximum absolute atomic E-state index is 9.12. The van der Waals surface area contributed by atoms with E-state index in [9.17, 15) is 0 Å². The number of fused-ring (bicyclic) bond motifs is 1. The Morgan fingerprint density at radius 2 is 2.29 bits per heavy atom. The number of pyridine rings is 1. The van der Waals surface area contributed by atoms with Crippen LogP contribution in [-0.4, -0.2) is 4.98 Å². The smallest absolute Gasteiger partial charge is 0.100 e. The van der Waals surface area contributed by atoms with Crippen LogP contribution < -0.4 is 0 Å². The Kier molecular flexibility index (Phi) is 1.45. The van der Waals surface area contributed by atoms with Crippen molar-refractivity contribution in [3.63, 3.8) is 0 Å². The number of rotatable bonds is 1. The Bertz CT molecular complexity index is 531. The molecule has 1 fully saturated rings. The first-order valence-electron chi connectivity index (χ1n) is 4.60. The van der Waals surface area contributed by atoms with Gasteiger partial charge in [-0.1, -0.05) is 0 Å². The first-order valence-corrected chi connectivity index (χ1v) is 5.48. The van der Waals surface area contributed by atoms with E-state index < -0.39 is 0 Å². The third-order valence-corrected chi connectivity index (χ3v) is 3.68. The summed E-state index contributed by atoms with van der Waals surface area (Å²) in [5, 5.41) is 12.3. The summed E-state index contributed by atoms with van der Waals surface area (Å²) < 4.78 is 1.23. The van der Waals surface area contributed by atoms with Crippen LogP contribution in [0.1, 0.15) is 18.5 Å². The lowest BCUT2D eigenvalue weighted by molar-refractivity contribution is 0.869. The summed E-state index contributed by atoms with van der Waals surface area (Å²) in [6.45, 7) is 0. The summed E-state index contributed by atoms with van der Waals surface area (Å²) in [4.78, 5) is 4.37. The van der Waals surface area contributed by atoms with Gasteiger partial charge in [-0.05, 0) is 30.4 Å². The molecule has 0 aliphatic heterocycles. The second-order valence-electron chi connectivity index (χ2n) is 3.69. The van der Waals surface area contributed by atoms with Gasteiger partial charge in [0.1, 0.15) is 5.41 Å². The lowest BCUT2D eigenvalue weighted by atomic mass is 10.0. The highest BCUT2D eigenvalue weighted by Crippen LogP contribution is 2.49. The molecule has 0 aromatic carbocycles. The third kappa shape index (κ3) is 0.919. The molecule has 3 rings (SSSR count). The van der Waals surface area contributed by atoms with Crippen molar-refractivity contribution >= 4 is 21.4 Å². The Labute approximate surface area is 85.8 Å². The predicted octanol–water partition coefficient (Wildman–Crippen LogP) is 2.85. The van der Waals surface area contributed by atoms with Crippen LogP contribution in [-0.2, 0) is 5.41 Å². The molecule has 0 amide bonds. The van der Waals surface area contributed by atoms with Crippen molar-refractivity contribution in [2.24, 2.45) is 0 Å². The van der Waals surface area contributed by atoms with Crippen molar-refractivity contribution in [3.8, 4) is 6.07 Å². The third-order valence-electron chi connectivity index (χ3n) is 2.80. The molecule has 2 aromatic rings. The van der Waals surface area contributed by atoms with Gasteiger partial charge in [0.25, 0.3) is 0 Å². The molecule has 2 nitrogen and oxygen atoms in total. The van der Waals surface area contributed by atoms with E-state index in [0.717, 1.165) is 23.9 Å². The van der Waals surface area contributed by atoms with Gasteiger partial charge >= 0.3 is 0 Å². The van der Waals surface area contributed by atoms with Gasteiger partial charge in [-0.2, -0.15) is 5.26 Å². The molecule has 1 aliphatic carbocycles. The van der Waals surface area contributed by atoms with Crippen molar-refractivity contribution in [1.29, 1.82) is 5.26 Å². The standard InChI is InChI=1S/C11H8N2S/c12-7-11(3-4-11)10-8-2-6-14-9(8)1-5-13-10/h1-2,5-6H,3-4H2. The predicted molar refractivity (Wildman–Crippen MR) is 56.1 cm³/mol. The van der Waals surface area contributed by atoms with E-state index in [1.54, 1.807) is 11.3 Å². The summed E-state index contributed by atoms with van der Waals surface area (Å²) in [5.41, 5.74) is 0.722. The van der Waals surface area contributed by atoms with Crippen molar-refractivity contribution in [2.75, 3.05) is 0 Å². The monoisotopic (exact) mass is 200 g/mol. The van der Waals surface area contributed by atoms with Crippen LogP contribution in [0.4, 0.5) is 0 Å². The zero-order valence-corrected chi connectivity index (χ0v) is 8.34. The minimum Gasteiger partial charge on any atom is -0.259 e. The lowest BCUT2D eigenvalue weighted by Crippen LogP contribution is -2.05. The fraction of sp³-hybridized carbons (Fsp3) is 0.273. The molecule has 3 heteroatoms. The largest absolute Gasteiger partial charge is 0.259 e. The Balaban J connectivity index is 2.32. The molecule has 1 saturated carbocycles. The molecule has 0 radical (unpaired) electrons. The SMILES string of the molecule is N#CC1(c2nccc3sccc23)CC1. The first kappa shape index (κ1) is 7.95. The molecule has 0 saturated heterocycles. The molecule has 68 valence electrons. The summed E-state index contributed by atoms with van der Waals surface area (Å²) in [6, 6.07) is 6.47. The van der Waals surface area contributed by atoms with Crippen LogP contribution in [0.15, 0.2) is 23.7 Å². The average molecular weight is 200 g/mol. The van der Waals surface area contributed by atoms with Gasteiger partial charge in [0, 0.05) is 16.3 Å². The van der Waals surface area contributed by atoms with Gasteiger partial charge in [0.15, 0.2) is 0 Å². The van der Waals surface area contributed by atoms with Crippen molar-refractivity contribution < 1.29 is 0 Å². The second kappa shape index (κ2) is 2.55. The van der Waals surface area contributed by atoms with Crippen LogP contribution in [0.5, 0.6) is 0 Å². The van der Waals surface area contributed by atoms with Gasteiger partial charge < -0.3 is 0 Å². The van der Waals surface area contributed by atoms with E-state index in [0.29, 0.717) is 0 Å². The molecule has 14 heavy (non-hydrogen) atoms. The molecule has 0 unspecified atom stereocenters. The molecule has 2 aromatic heterocycles. The van der Waals surface area contributed by atoms with E-state index in [-0.39, 0.29) is 5.41 Å². The quantitative estimate of drug-likeness (QED) is 0.709. The fourth-order valence-corrected chi connectivity index (χ4v) is 2.58. The van der Waals surface area contributed by atoms with Crippen molar-refractivity contribution in [2.45, 2.75) is 18.3 Å². The van der Waals surface area contributed by atoms with E-state index in [1.165, 1.54) is 4.70 Å². The molecular weight excluding hydrogens is 192 g/mol. The summed E-state index contributed by atoms with van der Waals surface area (Å²) in [6.07, 6.45) is 3.74. The number of hydrogen-bond acceptors (Lipinski definition) is 3. The van der Waals surface area contributed by atoms with Gasteiger partial charge in [-0.3, -0.25) is 4.98 Å². The number of nitriles is 1. The maximum Gasteiger partial charge on any atom is 0.100 e. The molecule has 0 N–H and O–H groups in total. The van der Waals surface area contributed by atoms with E-state index in [4.69, 9.17) is 5.26 Å². The molecule has 0 atom stereocenters. The Morgan fingerprint density at radius 3 is 3.00 bits per heavy atom. The zero-order valence-electron chi connectivity index (χ0n) is 7.53. The van der Waals surface area contributed by atoms with Crippen molar-refractivity contribution in [1.82, 2.24) is 4.98 Å². The summed E-state index contributed by atoms with van der Waals surface area (Å²) >= 11 is 1.71. The first-order chi connectivity index (χ1) is 6.86. The topological polar surface area (TPSA) is 36.7 Å². The van der Waals surface area contributed by atoms with Crippen LogP contribution in [0.25, 0.3) is 10.1 Å². The van der Waals surface area contributed by atoms with E-state index >= 15 is 0 Å². The highest BCUT2D eigenvalue weighted by Gasteiger charge is 2.47. The summed E-state index contributed by atoms with van der Waals surface area (Å²) in [5.74, 6) is 0. The van der Waals surface area contributed by atoms with Gasteiger partial charge in [0.05, 0.1) is 11.8 Å². The second-order valence-corrected chi connectivity index (χ2v) is 4.63. The highest BCUT2D eigenvalue weighted by atomic mass is 32.1. The normalized spacial score (nSPS) is 17.9. The molecule has 0 spiro atoms. The lowest BCUT2D eigenvalue weighted by Gasteiger charge is -2.05. The van der Waals surface area contributed by atoms with Crippen LogP contribution in [0, 0.1) is 11.3 Å². The van der Waals surface area contributed by atoms with E-state index in [1.807, 2.05) is 12.3 Å². The number of nitrogens with zero attached hydrogens (tertiary/aromatic N) is 2. The number of aromatic nitrogens is 1. The Morgan fingerprint density at radius 1 is 1.43 bits per heavy atom. The van der Waals surface area contributed by atoms with Gasteiger partial charge in [0.2, 0.25) is 0 Å². The highest BCUT2D eigenvalue weighted by molar-refractivity contribution is 7.17. The summed E-state index contributed by atoms with van der Waals surface area (Å²) in [7, 11) is 0. The van der Waals surface area contributed by atoms with E-state index in [2.05, 4.69) is 22.5 Å². The van der Waals surface area contributed by atoms with Gasteiger partial charge in [-0.25, -0.2) is 0 Å². The molecule has 2 heterocycles. The fourth-order valence-electron chi connectivity index (χ4n) is 1.80. The minimum absolute atomic E-state index is 0.263. The van der Waals surface area contributed by atoms with Crippen LogP contribution in [0.3, 0.4) is 0 Å². The molecular formula is C11H8N2S. The zero-order chi connectivity index (χ0) is 9.60. The van der Waals surface area contributed by atoms with Gasteiger partial charge in [-0.15, -0.1) is 11.3 Å². The number of hydrogen-bond donors (Lipinski definition) is 0. The van der Waals surface area contributed by atoms with Crippen LogP contribution >= 0.6 is 11.3 Å². The minimum atomic E-state index is -0.263. The molecule has 1 aliphatic rings. The average Bonchev–Trinajstić information content (AvgIpc) is 2.87. The maximum atomic E-state index is 9.12.